The average Bonchev–Trinajstić information content (AvgIpc) is 2.89. The molecule has 0 radical (unpaired) electrons. The van der Waals surface area contributed by atoms with Gasteiger partial charge in [-0.1, -0.05) is 30.3 Å². The van der Waals surface area contributed by atoms with Crippen molar-refractivity contribution < 1.29 is 19.8 Å². The highest BCUT2D eigenvalue weighted by molar-refractivity contribution is 7.14. The van der Waals surface area contributed by atoms with E-state index in [0.717, 1.165) is 11.3 Å². The predicted octanol–water partition coefficient (Wildman–Crippen LogP) is 2.27. The number of aliphatic hydroxyl groups is 1. The molecule has 98 valence electrons. The molecule has 19 heavy (non-hydrogen) atoms. The van der Waals surface area contributed by atoms with Crippen LogP contribution in [-0.4, -0.2) is 22.0 Å². The maximum Gasteiger partial charge on any atom is 0.340 e. The number of hydrogen-bond donors (Lipinski definition) is 2. The first-order valence-electron chi connectivity index (χ1n) is 5.59. The van der Waals surface area contributed by atoms with Crippen LogP contribution in [0.25, 0.3) is 0 Å². The van der Waals surface area contributed by atoms with Crippen molar-refractivity contribution in [1.29, 1.82) is 0 Å². The smallest absolute Gasteiger partial charge is 0.340 e. The van der Waals surface area contributed by atoms with Gasteiger partial charge in [0.15, 0.2) is 5.60 Å². The molecule has 0 unspecified atom stereocenters. The molecule has 1 aromatic carbocycles. The van der Waals surface area contributed by atoms with E-state index >= 15 is 0 Å². The minimum absolute atomic E-state index is 0.182. The lowest BCUT2D eigenvalue weighted by Crippen LogP contribution is -2.30. The number of hydrogen-bond acceptors (Lipinski definition) is 4. The molecule has 0 saturated carbocycles. The molecular weight excluding hydrogens is 264 g/mol. The number of carbonyl (C=O) groups is 2. The zero-order valence-electron chi connectivity index (χ0n) is 10.2. The number of ketones is 1. The minimum Gasteiger partial charge on any atom is -0.479 e. The number of carboxylic acids is 1. The summed E-state index contributed by atoms with van der Waals surface area (Å²) in [6.45, 7) is 1.19. The molecule has 1 heterocycles. The second-order valence-corrected chi connectivity index (χ2v) is 5.32. The Hall–Kier alpha value is -1.98. The number of thiophene rings is 1. The number of rotatable bonds is 4. The Kier molecular flexibility index (Phi) is 3.50. The van der Waals surface area contributed by atoms with Gasteiger partial charge in [-0.3, -0.25) is 4.79 Å². The standard InChI is InChI=1S/C14H12O4S/c1-14(18,13(16)17)11-8-7-10(19-11)12(15)9-5-3-2-4-6-9/h2-8,18H,1H3,(H,16,17)/t14-/m1/s1. The molecule has 0 aliphatic rings. The fraction of sp³-hybridized carbons (Fsp3) is 0.143. The zero-order valence-corrected chi connectivity index (χ0v) is 11.0. The van der Waals surface area contributed by atoms with Crippen molar-refractivity contribution in [3.8, 4) is 0 Å². The molecule has 0 amide bonds. The highest BCUT2D eigenvalue weighted by Gasteiger charge is 2.34. The van der Waals surface area contributed by atoms with Crippen molar-refractivity contribution in [2.45, 2.75) is 12.5 Å². The monoisotopic (exact) mass is 276 g/mol. The minimum atomic E-state index is -1.97. The van der Waals surface area contributed by atoms with Crippen molar-refractivity contribution in [2.24, 2.45) is 0 Å². The molecule has 0 aliphatic heterocycles. The van der Waals surface area contributed by atoms with Crippen LogP contribution in [0, 0.1) is 0 Å². The van der Waals surface area contributed by atoms with Gasteiger partial charge in [0.1, 0.15) is 0 Å². The van der Waals surface area contributed by atoms with Crippen molar-refractivity contribution in [3.05, 3.63) is 57.8 Å². The summed E-state index contributed by atoms with van der Waals surface area (Å²) in [5, 5.41) is 18.8. The third-order valence-electron chi connectivity index (χ3n) is 2.76. The van der Waals surface area contributed by atoms with E-state index in [1.54, 1.807) is 24.3 Å². The van der Waals surface area contributed by atoms with Gasteiger partial charge in [0.25, 0.3) is 0 Å². The van der Waals surface area contributed by atoms with E-state index in [9.17, 15) is 14.7 Å². The summed E-state index contributed by atoms with van der Waals surface area (Å²) in [4.78, 5) is 23.7. The van der Waals surface area contributed by atoms with E-state index in [2.05, 4.69) is 0 Å². The topological polar surface area (TPSA) is 74.6 Å². The van der Waals surface area contributed by atoms with E-state index in [1.165, 1.54) is 19.1 Å². The van der Waals surface area contributed by atoms with Crippen molar-refractivity contribution in [3.63, 3.8) is 0 Å². The van der Waals surface area contributed by atoms with Gasteiger partial charge in [-0.05, 0) is 19.1 Å². The third kappa shape index (κ3) is 2.57. The normalized spacial score (nSPS) is 13.8. The third-order valence-corrected chi connectivity index (χ3v) is 4.06. The summed E-state index contributed by atoms with van der Waals surface area (Å²) in [5.41, 5.74) is -1.44. The molecule has 0 aliphatic carbocycles. The van der Waals surface area contributed by atoms with Crippen LogP contribution >= 0.6 is 11.3 Å². The van der Waals surface area contributed by atoms with E-state index in [4.69, 9.17) is 5.11 Å². The van der Waals surface area contributed by atoms with Crippen LogP contribution in [0.4, 0.5) is 0 Å². The number of carbonyl (C=O) groups excluding carboxylic acids is 1. The van der Waals surface area contributed by atoms with Crippen molar-refractivity contribution >= 4 is 23.1 Å². The Morgan fingerprint density at radius 2 is 1.74 bits per heavy atom. The van der Waals surface area contributed by atoms with Gasteiger partial charge in [-0.2, -0.15) is 0 Å². The quantitative estimate of drug-likeness (QED) is 0.840. The molecule has 2 rings (SSSR count). The van der Waals surface area contributed by atoms with Gasteiger partial charge in [0.2, 0.25) is 5.78 Å². The largest absolute Gasteiger partial charge is 0.479 e. The first-order valence-corrected chi connectivity index (χ1v) is 6.40. The van der Waals surface area contributed by atoms with Gasteiger partial charge in [-0.25, -0.2) is 4.79 Å². The molecule has 0 spiro atoms. The Labute approximate surface area is 114 Å². The molecule has 4 nitrogen and oxygen atoms in total. The first kappa shape index (κ1) is 13.5. The van der Waals surface area contributed by atoms with Crippen LogP contribution in [0.15, 0.2) is 42.5 Å². The molecule has 0 fully saturated rings. The van der Waals surface area contributed by atoms with Gasteiger partial charge >= 0.3 is 5.97 Å². The van der Waals surface area contributed by atoms with E-state index < -0.39 is 11.6 Å². The second kappa shape index (κ2) is 4.95. The maximum absolute atomic E-state index is 12.1. The maximum atomic E-state index is 12.1. The summed E-state index contributed by atoms with van der Waals surface area (Å²) in [7, 11) is 0. The van der Waals surface area contributed by atoms with Crippen LogP contribution in [0.1, 0.15) is 27.0 Å². The summed E-state index contributed by atoms with van der Waals surface area (Å²) in [6, 6.07) is 11.7. The summed E-state index contributed by atoms with van der Waals surface area (Å²) >= 11 is 0.991. The zero-order chi connectivity index (χ0) is 14.0. The Balaban J connectivity index is 2.32. The van der Waals surface area contributed by atoms with Crippen molar-refractivity contribution in [1.82, 2.24) is 0 Å². The lowest BCUT2D eigenvalue weighted by atomic mass is 10.1. The number of benzene rings is 1. The number of aliphatic carboxylic acids is 1. The second-order valence-electron chi connectivity index (χ2n) is 4.24. The fourth-order valence-electron chi connectivity index (χ4n) is 1.56. The SMILES string of the molecule is C[C@](O)(C(=O)O)c1ccc(C(=O)c2ccccc2)s1. The molecule has 2 aromatic rings. The van der Waals surface area contributed by atoms with E-state index in [0.29, 0.717) is 10.4 Å². The molecule has 2 N–H and O–H groups in total. The van der Waals surface area contributed by atoms with E-state index in [1.807, 2.05) is 6.07 Å². The lowest BCUT2D eigenvalue weighted by Gasteiger charge is -2.15. The highest BCUT2D eigenvalue weighted by Crippen LogP contribution is 2.29. The van der Waals surface area contributed by atoms with Crippen LogP contribution in [0.5, 0.6) is 0 Å². The van der Waals surface area contributed by atoms with Crippen LogP contribution in [0.3, 0.4) is 0 Å². The summed E-state index contributed by atoms with van der Waals surface area (Å²) in [6.07, 6.45) is 0. The molecule has 5 heteroatoms. The molecule has 0 bridgehead atoms. The molecule has 1 aromatic heterocycles. The first-order chi connectivity index (χ1) is 8.93. The Morgan fingerprint density at radius 1 is 1.11 bits per heavy atom. The Bertz CT molecular complexity index is 613. The molecular formula is C14H12O4S. The lowest BCUT2D eigenvalue weighted by molar-refractivity contribution is -0.157. The molecule has 0 saturated heterocycles. The van der Waals surface area contributed by atoms with Gasteiger partial charge < -0.3 is 10.2 Å². The Morgan fingerprint density at radius 3 is 2.32 bits per heavy atom. The summed E-state index contributed by atoms with van der Waals surface area (Å²) in [5.74, 6) is -1.52. The van der Waals surface area contributed by atoms with Gasteiger partial charge in [-0.15, -0.1) is 11.3 Å². The van der Waals surface area contributed by atoms with Crippen molar-refractivity contribution in [2.75, 3.05) is 0 Å². The predicted molar refractivity (Wildman–Crippen MR) is 71.4 cm³/mol. The van der Waals surface area contributed by atoms with Crippen LogP contribution in [0.2, 0.25) is 0 Å². The highest BCUT2D eigenvalue weighted by atomic mass is 32.1. The van der Waals surface area contributed by atoms with Crippen LogP contribution < -0.4 is 0 Å². The van der Waals surface area contributed by atoms with Crippen LogP contribution in [-0.2, 0) is 10.4 Å². The van der Waals surface area contributed by atoms with Gasteiger partial charge in [0, 0.05) is 10.4 Å². The molecule has 1 atom stereocenters. The fourth-order valence-corrected chi connectivity index (χ4v) is 2.56. The average molecular weight is 276 g/mol. The van der Waals surface area contributed by atoms with Gasteiger partial charge in [0.05, 0.1) is 4.88 Å². The van der Waals surface area contributed by atoms with E-state index in [-0.39, 0.29) is 10.7 Å². The summed E-state index contributed by atoms with van der Waals surface area (Å²) < 4.78 is 0. The number of carboxylic acid groups (broad SMARTS) is 1.